The first-order chi connectivity index (χ1) is 32.1. The molecule has 0 fully saturated rings. The van der Waals surface area contributed by atoms with E-state index in [1.54, 1.807) is 0 Å². The predicted octanol–water partition coefficient (Wildman–Crippen LogP) is 14.5. The Labute approximate surface area is 376 Å². The van der Waals surface area contributed by atoms with Crippen molar-refractivity contribution in [3.8, 4) is 29.0 Å². The van der Waals surface area contributed by atoms with Crippen molar-refractivity contribution < 1.29 is 0 Å². The molecule has 1 aliphatic rings. The van der Waals surface area contributed by atoms with Crippen LogP contribution in [-0.2, 0) is 5.41 Å². The molecule has 65 heavy (non-hydrogen) atoms. The molecule has 2 aromatic heterocycles. The summed E-state index contributed by atoms with van der Waals surface area (Å²) < 4.78 is 2.34. The lowest BCUT2D eigenvalue weighted by Gasteiger charge is -2.35. The second-order valence-electron chi connectivity index (χ2n) is 16.6. The van der Waals surface area contributed by atoms with Crippen LogP contribution in [0.3, 0.4) is 0 Å². The summed E-state index contributed by atoms with van der Waals surface area (Å²) >= 11 is 0. The van der Waals surface area contributed by atoms with Crippen molar-refractivity contribution in [3.63, 3.8) is 0 Å². The van der Waals surface area contributed by atoms with Gasteiger partial charge in [0.15, 0.2) is 0 Å². The molecule has 0 saturated heterocycles. The van der Waals surface area contributed by atoms with Crippen LogP contribution in [0.25, 0.3) is 61.5 Å². The van der Waals surface area contributed by atoms with Crippen LogP contribution in [0.4, 0.5) is 17.1 Å². The van der Waals surface area contributed by atoms with E-state index >= 15 is 0 Å². The van der Waals surface area contributed by atoms with Gasteiger partial charge in [-0.15, -0.1) is 0 Å². The first-order valence-corrected chi connectivity index (χ1v) is 21.7. The molecular weight excluding hydrogens is 791 g/mol. The predicted molar refractivity (Wildman–Crippen MR) is 264 cm³/mol. The summed E-state index contributed by atoms with van der Waals surface area (Å²) in [4.78, 5) is 6.70. The van der Waals surface area contributed by atoms with E-state index in [1.807, 2.05) is 67.0 Å². The molecule has 1 aliphatic carbocycles. The molecule has 302 valence electrons. The van der Waals surface area contributed by atoms with Gasteiger partial charge in [0.05, 0.1) is 51.6 Å². The van der Waals surface area contributed by atoms with E-state index in [9.17, 15) is 10.5 Å². The van der Waals surface area contributed by atoms with Gasteiger partial charge in [0.1, 0.15) is 0 Å². The molecule has 12 rings (SSSR count). The highest BCUT2D eigenvalue weighted by Gasteiger charge is 2.46. The molecule has 5 heteroatoms. The minimum Gasteiger partial charge on any atom is -0.310 e. The van der Waals surface area contributed by atoms with E-state index in [4.69, 9.17) is 0 Å². The van der Waals surface area contributed by atoms with Crippen LogP contribution in [0.15, 0.2) is 213 Å². The zero-order valence-corrected chi connectivity index (χ0v) is 35.1. The quantitative estimate of drug-likeness (QED) is 0.113. The van der Waals surface area contributed by atoms with Crippen molar-refractivity contribution in [3.05, 3.63) is 257 Å². The van der Waals surface area contributed by atoms with E-state index in [1.165, 1.54) is 60.4 Å². The zero-order valence-electron chi connectivity index (χ0n) is 35.1. The highest BCUT2D eigenvalue weighted by atomic mass is 15.1. The molecule has 5 nitrogen and oxygen atoms in total. The smallest absolute Gasteiger partial charge is 0.0991 e. The van der Waals surface area contributed by atoms with Crippen molar-refractivity contribution in [1.29, 1.82) is 10.5 Å². The van der Waals surface area contributed by atoms with Gasteiger partial charge in [-0.1, -0.05) is 115 Å². The Kier molecular flexibility index (Phi) is 8.76. The highest BCUT2D eigenvalue weighted by Crippen LogP contribution is 2.57. The molecule has 0 atom stereocenters. The first-order valence-electron chi connectivity index (χ1n) is 21.7. The maximum Gasteiger partial charge on any atom is 0.0991 e. The SMILES string of the molecule is N#Cc1ccc(N(c2ccc(C#N)cc2)c2ccc3c(c2)C(c2ccccc2)(c2ccccc2)c2cc(C=Cc4cc5ccc6cccc7c6c5c(c4)n7-c4cccnc4)ccc2-3)cc1. The normalized spacial score (nSPS) is 12.6. The van der Waals surface area contributed by atoms with Gasteiger partial charge in [-0.2, -0.15) is 10.5 Å². The minimum atomic E-state index is -0.662. The second-order valence-corrected chi connectivity index (χ2v) is 16.6. The van der Waals surface area contributed by atoms with Crippen LogP contribution >= 0.6 is 0 Å². The van der Waals surface area contributed by atoms with Crippen molar-refractivity contribution in [2.24, 2.45) is 0 Å². The van der Waals surface area contributed by atoms with Crippen molar-refractivity contribution >= 4 is 61.8 Å². The van der Waals surface area contributed by atoms with Crippen molar-refractivity contribution in [2.45, 2.75) is 5.41 Å². The monoisotopic (exact) mass is 827 g/mol. The molecular formula is C60H37N5. The first kappa shape index (κ1) is 37.7. The average molecular weight is 828 g/mol. The van der Waals surface area contributed by atoms with Crippen LogP contribution in [0, 0.1) is 22.7 Å². The second kappa shape index (κ2) is 15.1. The Bertz CT molecular complexity index is 3610. The van der Waals surface area contributed by atoms with Gasteiger partial charge in [-0.3, -0.25) is 4.98 Å². The summed E-state index contributed by atoms with van der Waals surface area (Å²) in [6, 6.07) is 75.0. The maximum absolute atomic E-state index is 9.67. The number of rotatable bonds is 8. The van der Waals surface area contributed by atoms with Gasteiger partial charge in [0.2, 0.25) is 0 Å². The van der Waals surface area contributed by atoms with Crippen LogP contribution in [0.1, 0.15) is 44.5 Å². The lowest BCUT2D eigenvalue weighted by atomic mass is 9.67. The van der Waals surface area contributed by atoms with Gasteiger partial charge in [0.25, 0.3) is 0 Å². The number of fused-ring (bicyclic) bond motifs is 3. The van der Waals surface area contributed by atoms with Gasteiger partial charge in [-0.05, 0) is 152 Å². The maximum atomic E-state index is 9.67. The highest BCUT2D eigenvalue weighted by molar-refractivity contribution is 6.24. The molecule has 11 aromatic rings. The third-order valence-electron chi connectivity index (χ3n) is 13.1. The molecule has 0 amide bonds. The standard InChI is InChI=1S/C60H37N5/c61-37-41-18-25-48(26-19-41)64(49-27-20-42(38-62)21-28-49)50-29-31-53-52-30-22-40(34-54(52)60(55(53)36-50,46-10-3-1-4-11-46)47-12-5-2-6-13-47)16-17-43-33-45-24-23-44-9-7-15-56-58(44)59(45)57(35-43)65(56)51-14-8-32-63-39-51/h1-36,39H. The summed E-state index contributed by atoms with van der Waals surface area (Å²) in [5, 5.41) is 24.3. The van der Waals surface area contributed by atoms with Gasteiger partial charge in [0, 0.05) is 34.0 Å². The number of pyridine rings is 1. The summed E-state index contributed by atoms with van der Waals surface area (Å²) in [5.74, 6) is 0. The van der Waals surface area contributed by atoms with E-state index in [2.05, 4.69) is 184 Å². The average Bonchev–Trinajstić information content (AvgIpc) is 3.87. The number of benzene rings is 9. The fraction of sp³-hybridized carbons (Fsp3) is 0.0167. The fourth-order valence-electron chi connectivity index (χ4n) is 10.3. The summed E-state index contributed by atoms with van der Waals surface area (Å²) in [6.07, 6.45) is 8.25. The van der Waals surface area contributed by atoms with Crippen LogP contribution in [0.2, 0.25) is 0 Å². The molecule has 2 heterocycles. The number of hydrogen-bond acceptors (Lipinski definition) is 4. The van der Waals surface area contributed by atoms with E-state index in [0.29, 0.717) is 11.1 Å². The molecule has 0 aliphatic heterocycles. The third-order valence-corrected chi connectivity index (χ3v) is 13.1. The Morgan fingerprint density at radius 1 is 0.477 bits per heavy atom. The molecule has 9 aromatic carbocycles. The van der Waals surface area contributed by atoms with Crippen molar-refractivity contribution in [1.82, 2.24) is 9.55 Å². The number of hydrogen-bond donors (Lipinski definition) is 0. The van der Waals surface area contributed by atoms with Crippen molar-refractivity contribution in [2.75, 3.05) is 4.90 Å². The largest absolute Gasteiger partial charge is 0.310 e. The Balaban J connectivity index is 1.04. The third kappa shape index (κ3) is 5.95. The van der Waals surface area contributed by atoms with E-state index in [0.717, 1.165) is 39.4 Å². The zero-order chi connectivity index (χ0) is 43.5. The van der Waals surface area contributed by atoms with E-state index in [-0.39, 0.29) is 0 Å². The topological polar surface area (TPSA) is 68.6 Å². The fourth-order valence-corrected chi connectivity index (χ4v) is 10.3. The lowest BCUT2D eigenvalue weighted by molar-refractivity contribution is 0.768. The molecule has 0 spiro atoms. The summed E-state index contributed by atoms with van der Waals surface area (Å²) in [5.41, 5.74) is 16.0. The number of anilines is 3. The van der Waals surface area contributed by atoms with Crippen LogP contribution in [-0.4, -0.2) is 9.55 Å². The van der Waals surface area contributed by atoms with Crippen LogP contribution < -0.4 is 4.90 Å². The minimum absolute atomic E-state index is 0.591. The number of nitrogens with zero attached hydrogens (tertiary/aromatic N) is 5. The molecule has 0 saturated carbocycles. The van der Waals surface area contributed by atoms with E-state index < -0.39 is 5.41 Å². The Morgan fingerprint density at radius 2 is 1.08 bits per heavy atom. The Hall–Kier alpha value is -9.03. The summed E-state index contributed by atoms with van der Waals surface area (Å²) in [7, 11) is 0. The van der Waals surface area contributed by atoms with Crippen LogP contribution in [0.5, 0.6) is 0 Å². The molecule has 0 bridgehead atoms. The number of aromatic nitrogens is 2. The number of nitriles is 2. The molecule has 0 unspecified atom stereocenters. The van der Waals surface area contributed by atoms with Gasteiger partial charge < -0.3 is 9.47 Å². The lowest BCUT2D eigenvalue weighted by Crippen LogP contribution is -2.28. The Morgan fingerprint density at radius 3 is 1.72 bits per heavy atom. The summed E-state index contributed by atoms with van der Waals surface area (Å²) in [6.45, 7) is 0. The molecule has 0 N–H and O–H groups in total. The van der Waals surface area contributed by atoms with Gasteiger partial charge in [-0.25, -0.2) is 0 Å². The molecule has 0 radical (unpaired) electrons. The van der Waals surface area contributed by atoms with Gasteiger partial charge >= 0.3 is 0 Å².